The highest BCUT2D eigenvalue weighted by atomic mass is 19.1. The maximum Gasteiger partial charge on any atom is 0.335 e. The quantitative estimate of drug-likeness (QED) is 0.116. The molecule has 11 nitrogen and oxygen atoms in total. The highest BCUT2D eigenvalue weighted by Crippen LogP contribution is 2.59. The van der Waals surface area contributed by atoms with Crippen LogP contribution in [0.5, 0.6) is 0 Å². The second kappa shape index (κ2) is 13.1. The summed E-state index contributed by atoms with van der Waals surface area (Å²) in [5.41, 5.74) is 0.0981. The first-order chi connectivity index (χ1) is 24.0. The summed E-state index contributed by atoms with van der Waals surface area (Å²) in [7, 11) is 0. The van der Waals surface area contributed by atoms with Crippen molar-refractivity contribution in [2.75, 3.05) is 18.4 Å². The highest BCUT2D eigenvalue weighted by Gasteiger charge is 2.50. The molecule has 50 heavy (non-hydrogen) atoms. The normalized spacial score (nSPS) is 22.5. The van der Waals surface area contributed by atoms with E-state index in [4.69, 9.17) is 0 Å². The number of hydrogen-bond acceptors (Lipinski definition) is 5. The van der Waals surface area contributed by atoms with Gasteiger partial charge in [0, 0.05) is 41.4 Å². The number of halogens is 1. The second-order valence-corrected chi connectivity index (χ2v) is 14.2. The molecule has 3 aromatic carbocycles. The van der Waals surface area contributed by atoms with E-state index >= 15 is 4.39 Å². The minimum atomic E-state index is -1.40. The van der Waals surface area contributed by atoms with E-state index < -0.39 is 42.0 Å². The molecule has 4 fully saturated rings. The van der Waals surface area contributed by atoms with Crippen molar-refractivity contribution in [2.45, 2.75) is 44.4 Å². The number of aromatic nitrogens is 1. The van der Waals surface area contributed by atoms with E-state index in [1.54, 1.807) is 24.4 Å². The van der Waals surface area contributed by atoms with Gasteiger partial charge in [0.1, 0.15) is 5.82 Å². The molecule has 1 atom stereocenters. The van der Waals surface area contributed by atoms with Gasteiger partial charge in [-0.2, -0.15) is 0 Å². The van der Waals surface area contributed by atoms with Crippen molar-refractivity contribution in [1.29, 1.82) is 0 Å². The van der Waals surface area contributed by atoms with Crippen LogP contribution < -0.4 is 16.0 Å². The lowest BCUT2D eigenvalue weighted by molar-refractivity contribution is -0.117. The molecular formula is C38H37FN4O7. The molecule has 12 heteroatoms. The molecule has 4 bridgehead atoms. The van der Waals surface area contributed by atoms with E-state index in [-0.39, 0.29) is 44.8 Å². The Labute approximate surface area is 286 Å². The van der Waals surface area contributed by atoms with Gasteiger partial charge in [0.15, 0.2) is 0 Å². The van der Waals surface area contributed by atoms with E-state index in [9.17, 15) is 34.2 Å². The molecule has 8 rings (SSSR count). The smallest absolute Gasteiger partial charge is 0.335 e. The van der Waals surface area contributed by atoms with E-state index in [0.717, 1.165) is 61.3 Å². The first kappa shape index (κ1) is 33.0. The van der Waals surface area contributed by atoms with Gasteiger partial charge in [0.25, 0.3) is 11.8 Å². The number of benzene rings is 3. The SMILES string of the molecule is O=C(O)c1cc(NC(=O)C(CNC(=O)c2cc3cc[nH]c3cc2C(=O)NCC23CC4CC(CC(C4)C2)C3)c2ccccc2F)cc(C(=O)O)c1. The molecule has 1 unspecified atom stereocenters. The lowest BCUT2D eigenvalue weighted by atomic mass is 9.49. The van der Waals surface area contributed by atoms with Crippen LogP contribution in [0.15, 0.2) is 66.9 Å². The van der Waals surface area contributed by atoms with Gasteiger partial charge in [-0.05, 0) is 104 Å². The number of carboxylic acid groups (broad SMARTS) is 2. The zero-order valence-corrected chi connectivity index (χ0v) is 27.1. The summed E-state index contributed by atoms with van der Waals surface area (Å²) in [6.45, 7) is 0.150. The van der Waals surface area contributed by atoms with E-state index in [2.05, 4.69) is 20.9 Å². The fourth-order valence-corrected chi connectivity index (χ4v) is 8.91. The van der Waals surface area contributed by atoms with Crippen LogP contribution >= 0.6 is 0 Å². The fraction of sp³-hybridized carbons (Fsp3) is 0.342. The van der Waals surface area contributed by atoms with Gasteiger partial charge in [-0.1, -0.05) is 18.2 Å². The molecule has 4 aromatic rings. The number of carboxylic acids is 2. The van der Waals surface area contributed by atoms with Gasteiger partial charge in [0.2, 0.25) is 5.91 Å². The Hall–Kier alpha value is -5.52. The summed E-state index contributed by atoms with van der Waals surface area (Å²) in [6.07, 6.45) is 8.89. The molecule has 1 heterocycles. The Morgan fingerprint density at radius 3 is 2.02 bits per heavy atom. The number of anilines is 1. The number of H-pyrrole nitrogens is 1. The van der Waals surface area contributed by atoms with Gasteiger partial charge in [-0.3, -0.25) is 14.4 Å². The van der Waals surface area contributed by atoms with Crippen LogP contribution in [0.4, 0.5) is 10.1 Å². The van der Waals surface area contributed by atoms with E-state index in [0.29, 0.717) is 17.4 Å². The zero-order chi connectivity index (χ0) is 35.2. The lowest BCUT2D eigenvalue weighted by Crippen LogP contribution is -2.51. The predicted molar refractivity (Wildman–Crippen MR) is 182 cm³/mol. The van der Waals surface area contributed by atoms with Crippen LogP contribution in [-0.2, 0) is 4.79 Å². The average molecular weight is 681 g/mol. The molecule has 0 spiro atoms. The molecular weight excluding hydrogens is 643 g/mol. The van der Waals surface area contributed by atoms with Crippen molar-refractivity contribution in [1.82, 2.24) is 15.6 Å². The molecule has 4 aliphatic rings. The Morgan fingerprint density at radius 2 is 1.40 bits per heavy atom. The molecule has 4 saturated carbocycles. The molecule has 0 aliphatic heterocycles. The van der Waals surface area contributed by atoms with Crippen LogP contribution in [0.2, 0.25) is 0 Å². The Bertz CT molecular complexity index is 1970. The average Bonchev–Trinajstić information content (AvgIpc) is 3.54. The Kier molecular flexibility index (Phi) is 8.63. The number of hydrogen-bond donors (Lipinski definition) is 6. The molecule has 1 aromatic heterocycles. The zero-order valence-electron chi connectivity index (χ0n) is 27.1. The second-order valence-electron chi connectivity index (χ2n) is 14.2. The number of amides is 3. The van der Waals surface area contributed by atoms with Crippen molar-refractivity contribution in [3.8, 4) is 0 Å². The topological polar surface area (TPSA) is 178 Å². The van der Waals surface area contributed by atoms with Crippen LogP contribution in [0.3, 0.4) is 0 Å². The highest BCUT2D eigenvalue weighted by molar-refractivity contribution is 6.10. The van der Waals surface area contributed by atoms with Crippen LogP contribution in [0.25, 0.3) is 10.9 Å². The third-order valence-electron chi connectivity index (χ3n) is 10.7. The number of rotatable bonds is 11. The Morgan fingerprint density at radius 1 is 0.800 bits per heavy atom. The van der Waals surface area contributed by atoms with Crippen molar-refractivity contribution in [3.05, 3.63) is 100 Å². The molecule has 0 radical (unpaired) electrons. The molecule has 3 amide bonds. The predicted octanol–water partition coefficient (Wildman–Crippen LogP) is 5.80. The summed E-state index contributed by atoms with van der Waals surface area (Å²) < 4.78 is 15.1. The standard InChI is InChI=1S/C38H37FN4O7/c39-31-4-2-1-3-27(31)30(35(46)43-26-11-24(36(47)48)10-25(12-26)37(49)50)18-41-33(44)28-13-23-5-6-40-32(23)14-29(28)34(45)42-19-38-15-20-7-21(16-38)9-22(8-20)17-38/h1-6,10-14,20-22,30,40H,7-9,15-19H2,(H,41,44)(H,42,45)(H,43,46)(H,47,48)(H,49,50). The van der Waals surface area contributed by atoms with Crippen molar-refractivity contribution < 1.29 is 38.6 Å². The number of nitrogens with one attached hydrogen (secondary N) is 4. The first-order valence-corrected chi connectivity index (χ1v) is 16.8. The van der Waals surface area contributed by atoms with Gasteiger partial charge in [0.05, 0.1) is 28.2 Å². The maximum atomic E-state index is 15.1. The minimum absolute atomic E-state index is 0.0484. The van der Waals surface area contributed by atoms with Crippen LogP contribution in [0, 0.1) is 29.0 Å². The molecule has 4 aliphatic carbocycles. The van der Waals surface area contributed by atoms with Crippen LogP contribution in [-0.4, -0.2) is 57.9 Å². The summed E-state index contributed by atoms with van der Waals surface area (Å²) in [4.78, 5) is 67.6. The summed E-state index contributed by atoms with van der Waals surface area (Å²) in [5.74, 6) is -4.53. The van der Waals surface area contributed by atoms with Gasteiger partial charge >= 0.3 is 11.9 Å². The Balaban J connectivity index is 1.12. The number of fused-ring (bicyclic) bond motifs is 1. The summed E-state index contributed by atoms with van der Waals surface area (Å²) in [5, 5.41) is 28.0. The largest absolute Gasteiger partial charge is 0.478 e. The molecule has 258 valence electrons. The summed E-state index contributed by atoms with van der Waals surface area (Å²) >= 11 is 0. The third-order valence-corrected chi connectivity index (χ3v) is 10.7. The van der Waals surface area contributed by atoms with Crippen LogP contribution in [0.1, 0.15) is 91.4 Å². The first-order valence-electron chi connectivity index (χ1n) is 16.8. The monoisotopic (exact) mass is 680 g/mol. The number of carbonyl (C=O) groups excluding carboxylic acids is 3. The number of aromatic amines is 1. The lowest BCUT2D eigenvalue weighted by Gasteiger charge is -2.56. The maximum absolute atomic E-state index is 15.1. The molecule has 0 saturated heterocycles. The number of carbonyl (C=O) groups is 5. The third kappa shape index (κ3) is 6.57. The van der Waals surface area contributed by atoms with E-state index in [1.165, 1.54) is 37.5 Å². The molecule has 6 N–H and O–H groups in total. The van der Waals surface area contributed by atoms with Gasteiger partial charge in [-0.25, -0.2) is 14.0 Å². The van der Waals surface area contributed by atoms with Gasteiger partial charge in [-0.15, -0.1) is 0 Å². The van der Waals surface area contributed by atoms with Gasteiger partial charge < -0.3 is 31.1 Å². The fourth-order valence-electron chi connectivity index (χ4n) is 8.91. The number of aromatic carboxylic acids is 2. The minimum Gasteiger partial charge on any atom is -0.478 e. The van der Waals surface area contributed by atoms with E-state index in [1.807, 2.05) is 0 Å². The van der Waals surface area contributed by atoms with Crippen molar-refractivity contribution in [2.24, 2.45) is 23.2 Å². The summed E-state index contributed by atoms with van der Waals surface area (Å²) in [6, 6.07) is 13.7. The van der Waals surface area contributed by atoms with Crippen molar-refractivity contribution >= 4 is 46.3 Å². The van der Waals surface area contributed by atoms with Crippen molar-refractivity contribution in [3.63, 3.8) is 0 Å².